The minimum Gasteiger partial charge on any atom is -0.373 e. The first-order valence-corrected chi connectivity index (χ1v) is 12.2. The van der Waals surface area contributed by atoms with Gasteiger partial charge in [-0.1, -0.05) is 80.6 Å². The van der Waals surface area contributed by atoms with Crippen LogP contribution >= 0.6 is 0 Å². The highest BCUT2D eigenvalue weighted by atomic mass is 16.1. The lowest BCUT2D eigenvalue weighted by Crippen LogP contribution is -2.33. The molecule has 34 heavy (non-hydrogen) atoms. The third kappa shape index (κ3) is 2.84. The molecule has 2 heteroatoms. The molecule has 166 valence electrons. The number of Topliss-reactive ketones (excluding diaryl/α,β-unsaturated/α-hetero) is 1. The van der Waals surface area contributed by atoms with Crippen LogP contribution in [0.15, 0.2) is 84.4 Å². The van der Waals surface area contributed by atoms with Gasteiger partial charge in [-0.2, -0.15) is 0 Å². The Labute approximate surface area is 200 Å². The van der Waals surface area contributed by atoms with E-state index >= 15 is 0 Å². The second-order valence-corrected chi connectivity index (χ2v) is 10.9. The molecule has 4 aromatic carbocycles. The molecule has 0 aromatic heterocycles. The number of benzene rings is 4. The summed E-state index contributed by atoms with van der Waals surface area (Å²) < 4.78 is 0. The van der Waals surface area contributed by atoms with Crippen molar-refractivity contribution in [3.63, 3.8) is 0 Å². The second kappa shape index (κ2) is 6.93. The molecular formula is C32H27NO. The third-order valence-electron chi connectivity index (χ3n) is 7.89. The number of rotatable bonds is 1. The van der Waals surface area contributed by atoms with Crippen molar-refractivity contribution in [2.24, 2.45) is 5.41 Å². The minimum absolute atomic E-state index is 0.0388. The first kappa shape index (κ1) is 19.8. The molecule has 0 saturated carbocycles. The Balaban J connectivity index is 1.45. The Hall–Kier alpha value is -3.65. The number of carbonyl (C=O) groups excluding carboxylic acids is 1. The number of hydrogen-bond donors (Lipinski definition) is 1. The summed E-state index contributed by atoms with van der Waals surface area (Å²) in [6, 6.07) is 28.3. The molecule has 2 nitrogen and oxygen atoms in total. The number of hydrogen-bond acceptors (Lipinski definition) is 2. The van der Waals surface area contributed by atoms with E-state index in [0.717, 1.165) is 24.1 Å². The molecule has 1 heterocycles. The Morgan fingerprint density at radius 1 is 0.824 bits per heavy atom. The Bertz CT molecular complexity index is 1550. The van der Waals surface area contributed by atoms with Crippen molar-refractivity contribution < 1.29 is 4.79 Å². The maximum atomic E-state index is 13.7. The standard InChI is InChI=1S/C32H27NO/c1-32(2)17-26-29-24-10-6-3-7-19(24)13-14-27(29)33-31(30(26)28(34)18-32)22-12-11-21-15-20-8-4-5-9-23(20)25(21)16-22/h3-14,16,31,33H,15,17-18H2,1-2H3/t31-/m0/s1. The van der Waals surface area contributed by atoms with Crippen LogP contribution in [-0.2, 0) is 11.2 Å². The lowest BCUT2D eigenvalue weighted by atomic mass is 9.67. The van der Waals surface area contributed by atoms with Crippen LogP contribution in [0.3, 0.4) is 0 Å². The van der Waals surface area contributed by atoms with E-state index < -0.39 is 0 Å². The molecule has 0 spiro atoms. The van der Waals surface area contributed by atoms with Crippen LogP contribution in [0.4, 0.5) is 5.69 Å². The topological polar surface area (TPSA) is 29.1 Å². The molecule has 0 saturated heterocycles. The molecule has 0 radical (unpaired) electrons. The van der Waals surface area contributed by atoms with Crippen LogP contribution in [0.1, 0.15) is 55.0 Å². The molecule has 1 aliphatic heterocycles. The molecule has 0 unspecified atom stereocenters. The van der Waals surface area contributed by atoms with E-state index in [1.54, 1.807) is 0 Å². The van der Waals surface area contributed by atoms with E-state index in [0.29, 0.717) is 6.42 Å². The fourth-order valence-corrected chi connectivity index (χ4v) is 6.41. The van der Waals surface area contributed by atoms with Gasteiger partial charge in [0.2, 0.25) is 0 Å². The minimum atomic E-state index is -0.120. The van der Waals surface area contributed by atoms with Crippen molar-refractivity contribution in [2.45, 2.75) is 39.2 Å². The van der Waals surface area contributed by atoms with Crippen LogP contribution < -0.4 is 5.32 Å². The Morgan fingerprint density at radius 3 is 2.53 bits per heavy atom. The molecule has 3 aliphatic rings. The monoisotopic (exact) mass is 441 g/mol. The van der Waals surface area contributed by atoms with Gasteiger partial charge in [0.1, 0.15) is 0 Å². The average Bonchev–Trinajstić information content (AvgIpc) is 3.20. The predicted molar refractivity (Wildman–Crippen MR) is 140 cm³/mol. The summed E-state index contributed by atoms with van der Waals surface area (Å²) in [4.78, 5) is 13.7. The zero-order valence-electron chi connectivity index (χ0n) is 19.6. The summed E-state index contributed by atoms with van der Waals surface area (Å²) in [7, 11) is 0. The van der Waals surface area contributed by atoms with Crippen molar-refractivity contribution in [1.29, 1.82) is 0 Å². The van der Waals surface area contributed by atoms with Gasteiger partial charge in [0, 0.05) is 23.2 Å². The maximum Gasteiger partial charge on any atom is 0.162 e. The van der Waals surface area contributed by atoms with E-state index in [4.69, 9.17) is 0 Å². The lowest BCUT2D eigenvalue weighted by molar-refractivity contribution is -0.118. The lowest BCUT2D eigenvalue weighted by Gasteiger charge is -2.40. The SMILES string of the molecule is CC1(C)CC(=O)C2=C(C1)c1c(ccc3ccccc13)N[C@H]2c1ccc2c(c1)-c1ccccc1C2. The number of ketones is 1. The maximum absolute atomic E-state index is 13.7. The van der Waals surface area contributed by atoms with Crippen molar-refractivity contribution in [3.8, 4) is 11.1 Å². The van der Waals surface area contributed by atoms with Gasteiger partial charge in [-0.05, 0) is 74.6 Å². The highest BCUT2D eigenvalue weighted by molar-refractivity contribution is 6.13. The Kier molecular flexibility index (Phi) is 4.03. The summed E-state index contributed by atoms with van der Waals surface area (Å²) in [5, 5.41) is 6.25. The van der Waals surface area contributed by atoms with Crippen LogP contribution in [0.5, 0.6) is 0 Å². The molecule has 1 atom stereocenters. The van der Waals surface area contributed by atoms with Crippen molar-refractivity contribution in [1.82, 2.24) is 0 Å². The van der Waals surface area contributed by atoms with Crippen LogP contribution in [-0.4, -0.2) is 5.78 Å². The normalized spacial score (nSPS) is 19.8. The molecule has 7 rings (SSSR count). The molecule has 1 N–H and O–H groups in total. The van der Waals surface area contributed by atoms with Crippen molar-refractivity contribution in [2.75, 3.05) is 5.32 Å². The second-order valence-electron chi connectivity index (χ2n) is 10.9. The number of anilines is 1. The molecule has 4 aromatic rings. The summed E-state index contributed by atoms with van der Waals surface area (Å²) in [5.74, 6) is 0.281. The smallest absolute Gasteiger partial charge is 0.162 e. The van der Waals surface area contributed by atoms with Crippen molar-refractivity contribution >= 4 is 27.8 Å². The molecule has 0 amide bonds. The van der Waals surface area contributed by atoms with E-state index in [2.05, 4.69) is 98.0 Å². The van der Waals surface area contributed by atoms with E-state index in [9.17, 15) is 4.79 Å². The zero-order valence-corrected chi connectivity index (χ0v) is 19.6. The number of fused-ring (bicyclic) bond motifs is 7. The van der Waals surface area contributed by atoms with Crippen LogP contribution in [0, 0.1) is 5.41 Å². The van der Waals surface area contributed by atoms with E-state index in [-0.39, 0.29) is 17.2 Å². The summed E-state index contributed by atoms with van der Waals surface area (Å²) in [5.41, 5.74) is 11.1. The first-order valence-electron chi connectivity index (χ1n) is 12.2. The quantitative estimate of drug-likeness (QED) is 0.288. The van der Waals surface area contributed by atoms with Gasteiger partial charge in [-0.3, -0.25) is 4.79 Å². The van der Waals surface area contributed by atoms with Crippen LogP contribution in [0.2, 0.25) is 0 Å². The number of allylic oxidation sites excluding steroid dienone is 1. The number of nitrogens with one attached hydrogen (secondary N) is 1. The van der Waals surface area contributed by atoms with E-state index in [1.807, 2.05) is 0 Å². The van der Waals surface area contributed by atoms with Gasteiger partial charge in [0.15, 0.2) is 5.78 Å². The van der Waals surface area contributed by atoms with Crippen LogP contribution in [0.25, 0.3) is 27.5 Å². The largest absolute Gasteiger partial charge is 0.373 e. The Morgan fingerprint density at radius 2 is 1.62 bits per heavy atom. The van der Waals surface area contributed by atoms with Gasteiger partial charge >= 0.3 is 0 Å². The van der Waals surface area contributed by atoms with Gasteiger partial charge in [-0.15, -0.1) is 0 Å². The van der Waals surface area contributed by atoms with Gasteiger partial charge in [0.25, 0.3) is 0 Å². The fourth-order valence-electron chi connectivity index (χ4n) is 6.41. The first-order chi connectivity index (χ1) is 16.5. The van der Waals surface area contributed by atoms with Gasteiger partial charge < -0.3 is 5.32 Å². The highest BCUT2D eigenvalue weighted by Gasteiger charge is 2.41. The highest BCUT2D eigenvalue weighted by Crippen LogP contribution is 2.52. The molecule has 0 fully saturated rings. The molecule has 2 aliphatic carbocycles. The predicted octanol–water partition coefficient (Wildman–Crippen LogP) is 7.72. The summed E-state index contributed by atoms with van der Waals surface area (Å²) in [6.45, 7) is 4.45. The zero-order chi connectivity index (χ0) is 23.0. The van der Waals surface area contributed by atoms with E-state index in [1.165, 1.54) is 49.7 Å². The average molecular weight is 442 g/mol. The summed E-state index contributed by atoms with van der Waals surface area (Å²) in [6.07, 6.45) is 2.50. The van der Waals surface area contributed by atoms with Crippen molar-refractivity contribution in [3.05, 3.63) is 107 Å². The summed E-state index contributed by atoms with van der Waals surface area (Å²) >= 11 is 0. The molecular weight excluding hydrogens is 414 g/mol. The third-order valence-corrected chi connectivity index (χ3v) is 7.89. The molecule has 0 bridgehead atoms. The van der Waals surface area contributed by atoms with Gasteiger partial charge in [0.05, 0.1) is 6.04 Å². The fraction of sp³-hybridized carbons (Fsp3) is 0.219. The van der Waals surface area contributed by atoms with Gasteiger partial charge in [-0.25, -0.2) is 0 Å². The number of carbonyl (C=O) groups is 1.